The molecule has 3 heterocycles. The van der Waals surface area contributed by atoms with Crippen LogP contribution in [-0.2, 0) is 24.1 Å². The van der Waals surface area contributed by atoms with Crippen LogP contribution >= 0.6 is 0 Å². The van der Waals surface area contributed by atoms with Crippen LogP contribution in [0.5, 0.6) is 0 Å². The molecule has 166 valence electrons. The third kappa shape index (κ3) is 4.77. The monoisotopic (exact) mass is 427 g/mol. The van der Waals surface area contributed by atoms with Crippen LogP contribution in [0.1, 0.15) is 23.4 Å². The first-order chi connectivity index (χ1) is 15.0. The van der Waals surface area contributed by atoms with E-state index in [9.17, 15) is 14.9 Å². The summed E-state index contributed by atoms with van der Waals surface area (Å²) in [7, 11) is 0. The zero-order valence-electron chi connectivity index (χ0n) is 18.0. The topological polar surface area (TPSA) is 93.7 Å². The Balaban J connectivity index is 1.55. The molecular weight excluding hydrogens is 398 g/mol. The Kier molecular flexibility index (Phi) is 6.62. The molecule has 0 atom stereocenters. The standard InChI is InChI=1S/C22H29N5O4/c1-17-23-21(25-11-7-18-5-2-3-6-19(18)8-12-25)20(27(29)30)22(28)26(17)10-4-9-24-13-15-31-16-14-24/h2-3,5-6H,4,7-16H2,1H3. The van der Waals surface area contributed by atoms with Gasteiger partial charge in [0.15, 0.2) is 0 Å². The summed E-state index contributed by atoms with van der Waals surface area (Å²) >= 11 is 0. The van der Waals surface area contributed by atoms with Gasteiger partial charge < -0.3 is 9.64 Å². The highest BCUT2D eigenvalue weighted by atomic mass is 16.6. The largest absolute Gasteiger partial charge is 0.379 e. The SMILES string of the molecule is Cc1nc(N2CCc3ccccc3CC2)c([N+](=O)[O-])c(=O)n1CCCN1CCOCC1. The summed E-state index contributed by atoms with van der Waals surface area (Å²) < 4.78 is 6.81. The lowest BCUT2D eigenvalue weighted by molar-refractivity contribution is -0.386. The Morgan fingerprint density at radius 2 is 1.71 bits per heavy atom. The Morgan fingerprint density at radius 3 is 2.32 bits per heavy atom. The van der Waals surface area contributed by atoms with Crippen LogP contribution in [0.3, 0.4) is 0 Å². The van der Waals surface area contributed by atoms with Crippen molar-refractivity contribution >= 4 is 11.5 Å². The number of hydrogen-bond donors (Lipinski definition) is 0. The molecule has 0 radical (unpaired) electrons. The molecule has 2 aromatic rings. The van der Waals surface area contributed by atoms with Crippen molar-refractivity contribution in [3.8, 4) is 0 Å². The molecule has 0 bridgehead atoms. The van der Waals surface area contributed by atoms with Gasteiger partial charge in [0.2, 0.25) is 5.82 Å². The number of aromatic nitrogens is 2. The van der Waals surface area contributed by atoms with Crippen molar-refractivity contribution < 1.29 is 9.66 Å². The minimum atomic E-state index is -0.569. The van der Waals surface area contributed by atoms with Gasteiger partial charge in [-0.25, -0.2) is 4.98 Å². The number of hydrogen-bond acceptors (Lipinski definition) is 7. The van der Waals surface area contributed by atoms with Crippen LogP contribution in [-0.4, -0.2) is 65.3 Å². The Hall–Kier alpha value is -2.78. The number of ether oxygens (including phenoxy) is 1. The number of fused-ring (bicyclic) bond motifs is 1. The molecule has 1 fully saturated rings. The second kappa shape index (κ2) is 9.57. The molecule has 0 unspecified atom stereocenters. The van der Waals surface area contributed by atoms with E-state index < -0.39 is 16.2 Å². The maximum atomic E-state index is 13.1. The Labute approximate surface area is 181 Å². The van der Waals surface area contributed by atoms with Crippen LogP contribution in [0.4, 0.5) is 11.5 Å². The fourth-order valence-electron chi connectivity index (χ4n) is 4.44. The van der Waals surface area contributed by atoms with Gasteiger partial charge in [-0.1, -0.05) is 24.3 Å². The molecule has 0 N–H and O–H groups in total. The van der Waals surface area contributed by atoms with Crippen LogP contribution in [0.25, 0.3) is 0 Å². The van der Waals surface area contributed by atoms with Crippen LogP contribution in [0.15, 0.2) is 29.1 Å². The molecular formula is C22H29N5O4. The molecule has 0 saturated carbocycles. The average molecular weight is 428 g/mol. The number of nitrogens with zero attached hydrogens (tertiary/aromatic N) is 5. The normalized spacial score (nSPS) is 17.3. The number of morpholine rings is 1. The minimum Gasteiger partial charge on any atom is -0.379 e. The van der Waals surface area contributed by atoms with E-state index in [4.69, 9.17) is 4.74 Å². The lowest BCUT2D eigenvalue weighted by Gasteiger charge is -2.26. The first-order valence-corrected chi connectivity index (χ1v) is 10.9. The van der Waals surface area contributed by atoms with Gasteiger partial charge in [0.25, 0.3) is 0 Å². The molecule has 1 aromatic carbocycles. The van der Waals surface area contributed by atoms with Gasteiger partial charge in [-0.15, -0.1) is 0 Å². The van der Waals surface area contributed by atoms with Gasteiger partial charge in [0.05, 0.1) is 18.1 Å². The maximum absolute atomic E-state index is 13.1. The molecule has 4 rings (SSSR count). The van der Waals surface area contributed by atoms with Gasteiger partial charge in [0, 0.05) is 39.3 Å². The predicted molar refractivity (Wildman–Crippen MR) is 118 cm³/mol. The van der Waals surface area contributed by atoms with Gasteiger partial charge in [-0.2, -0.15) is 0 Å². The maximum Gasteiger partial charge on any atom is 0.376 e. The molecule has 9 heteroatoms. The van der Waals surface area contributed by atoms with Crippen LogP contribution in [0.2, 0.25) is 0 Å². The zero-order chi connectivity index (χ0) is 21.8. The van der Waals surface area contributed by atoms with E-state index in [1.54, 1.807) is 6.92 Å². The first-order valence-electron chi connectivity index (χ1n) is 10.9. The molecule has 0 spiro atoms. The van der Waals surface area contributed by atoms with Gasteiger partial charge in [-0.05, 0) is 37.3 Å². The van der Waals surface area contributed by atoms with Gasteiger partial charge in [-0.3, -0.25) is 24.4 Å². The van der Waals surface area contributed by atoms with Crippen molar-refractivity contribution in [2.45, 2.75) is 32.7 Å². The molecule has 2 aliphatic heterocycles. The second-order valence-electron chi connectivity index (χ2n) is 8.11. The molecule has 0 aliphatic carbocycles. The summed E-state index contributed by atoms with van der Waals surface area (Å²) in [6.45, 7) is 7.41. The van der Waals surface area contributed by atoms with Gasteiger partial charge >= 0.3 is 11.2 Å². The van der Waals surface area contributed by atoms with E-state index in [0.717, 1.165) is 52.1 Å². The first kappa shape index (κ1) is 21.5. The summed E-state index contributed by atoms with van der Waals surface area (Å²) in [6.07, 6.45) is 2.28. The fourth-order valence-corrected chi connectivity index (χ4v) is 4.44. The van der Waals surface area contributed by atoms with Gasteiger partial charge in [0.1, 0.15) is 5.82 Å². The van der Waals surface area contributed by atoms with E-state index in [1.807, 2.05) is 17.0 Å². The van der Waals surface area contributed by atoms with E-state index in [1.165, 1.54) is 15.7 Å². The van der Waals surface area contributed by atoms with E-state index in [2.05, 4.69) is 22.0 Å². The van der Waals surface area contributed by atoms with Crippen molar-refractivity contribution in [3.05, 3.63) is 61.7 Å². The summed E-state index contributed by atoms with van der Waals surface area (Å²) in [5, 5.41) is 11.9. The third-order valence-electron chi connectivity index (χ3n) is 6.18. The van der Waals surface area contributed by atoms with Crippen LogP contribution < -0.4 is 10.5 Å². The number of nitro groups is 1. The van der Waals surface area contributed by atoms with Crippen molar-refractivity contribution in [1.82, 2.24) is 14.5 Å². The second-order valence-corrected chi connectivity index (χ2v) is 8.11. The van der Waals surface area contributed by atoms with Crippen LogP contribution in [0, 0.1) is 17.0 Å². The predicted octanol–water partition coefficient (Wildman–Crippen LogP) is 1.79. The Morgan fingerprint density at radius 1 is 1.06 bits per heavy atom. The molecule has 31 heavy (non-hydrogen) atoms. The molecule has 1 aromatic heterocycles. The van der Waals surface area contributed by atoms with Crippen molar-refractivity contribution in [1.29, 1.82) is 0 Å². The molecule has 2 aliphatic rings. The minimum absolute atomic E-state index is 0.199. The summed E-state index contributed by atoms with van der Waals surface area (Å²) in [5.74, 6) is 0.721. The quantitative estimate of drug-likeness (QED) is 0.512. The summed E-state index contributed by atoms with van der Waals surface area (Å²) in [5.41, 5.74) is 1.53. The number of benzene rings is 1. The van der Waals surface area contributed by atoms with Crippen molar-refractivity contribution in [3.63, 3.8) is 0 Å². The summed E-state index contributed by atoms with van der Waals surface area (Å²) in [6, 6.07) is 8.21. The third-order valence-corrected chi connectivity index (χ3v) is 6.18. The number of anilines is 1. The molecule has 0 amide bonds. The zero-order valence-corrected chi connectivity index (χ0v) is 18.0. The fraction of sp³-hybridized carbons (Fsp3) is 0.545. The lowest BCUT2D eigenvalue weighted by atomic mass is 10.0. The Bertz CT molecular complexity index is 973. The number of rotatable bonds is 6. The summed E-state index contributed by atoms with van der Waals surface area (Å²) in [4.78, 5) is 33.2. The van der Waals surface area contributed by atoms with E-state index in [0.29, 0.717) is 25.5 Å². The average Bonchev–Trinajstić information content (AvgIpc) is 2.99. The highest BCUT2D eigenvalue weighted by Gasteiger charge is 2.29. The van der Waals surface area contributed by atoms with Crippen molar-refractivity contribution in [2.24, 2.45) is 0 Å². The molecule has 9 nitrogen and oxygen atoms in total. The highest BCUT2D eigenvalue weighted by molar-refractivity contribution is 5.57. The lowest BCUT2D eigenvalue weighted by Crippen LogP contribution is -2.38. The smallest absolute Gasteiger partial charge is 0.376 e. The number of aryl methyl sites for hydroxylation is 1. The highest BCUT2D eigenvalue weighted by Crippen LogP contribution is 2.26. The van der Waals surface area contributed by atoms with E-state index >= 15 is 0 Å². The van der Waals surface area contributed by atoms with E-state index in [-0.39, 0.29) is 5.82 Å². The molecule has 1 saturated heterocycles. The van der Waals surface area contributed by atoms with Crippen molar-refractivity contribution in [2.75, 3.05) is 50.8 Å².